The Kier molecular flexibility index (Phi) is 6.13. The van der Waals surface area contributed by atoms with Crippen LogP contribution >= 0.6 is 11.6 Å². The monoisotopic (exact) mass is 459 g/mol. The second kappa shape index (κ2) is 8.33. The van der Waals surface area contributed by atoms with E-state index in [-0.39, 0.29) is 28.8 Å². The van der Waals surface area contributed by atoms with Crippen LogP contribution in [0.25, 0.3) is 0 Å². The molecule has 2 heterocycles. The Bertz CT molecular complexity index is 1030. The number of hydrogen-bond acceptors (Lipinski definition) is 4. The van der Waals surface area contributed by atoms with Crippen molar-refractivity contribution in [2.75, 3.05) is 16.4 Å². The molecule has 166 valence electrons. The normalized spacial score (nSPS) is 16.6. The molecule has 1 saturated heterocycles. The van der Waals surface area contributed by atoms with Crippen molar-refractivity contribution in [2.24, 2.45) is 0 Å². The number of aromatic nitrogens is 1. The summed E-state index contributed by atoms with van der Waals surface area (Å²) < 4.78 is 58.2. The highest BCUT2D eigenvalue weighted by molar-refractivity contribution is 6.31. The second-order valence-electron chi connectivity index (χ2n) is 7.22. The van der Waals surface area contributed by atoms with Crippen molar-refractivity contribution in [1.29, 1.82) is 0 Å². The topological polar surface area (TPSA) is 62.7 Å². The Hall–Kier alpha value is -2.88. The fraction of sp³-hybridized carbons (Fsp3) is 0.350. The van der Waals surface area contributed by atoms with Crippen molar-refractivity contribution < 1.29 is 31.9 Å². The summed E-state index contributed by atoms with van der Waals surface area (Å²) in [4.78, 5) is 31.7. The van der Waals surface area contributed by atoms with Crippen molar-refractivity contribution in [3.63, 3.8) is 0 Å². The first-order valence-electron chi connectivity index (χ1n) is 9.20. The van der Waals surface area contributed by atoms with E-state index in [1.165, 1.54) is 24.0 Å². The molecule has 0 N–H and O–H groups in total. The number of pyridine rings is 1. The van der Waals surface area contributed by atoms with E-state index in [4.69, 9.17) is 16.3 Å². The third-order valence-electron chi connectivity index (χ3n) is 4.61. The fourth-order valence-corrected chi connectivity index (χ4v) is 3.44. The maximum absolute atomic E-state index is 13.6. The van der Waals surface area contributed by atoms with Gasteiger partial charge in [0.15, 0.2) is 6.04 Å². The maximum Gasteiger partial charge on any atom is 0.416 e. The number of hydrogen-bond donors (Lipinski definition) is 0. The van der Waals surface area contributed by atoms with Crippen molar-refractivity contribution >= 4 is 35.1 Å². The molecular weight excluding hydrogens is 442 g/mol. The van der Waals surface area contributed by atoms with Crippen LogP contribution in [0.4, 0.5) is 33.9 Å². The number of alkyl halides is 3. The summed E-state index contributed by atoms with van der Waals surface area (Å²) in [5.41, 5.74) is -0.729. The number of amides is 2. The van der Waals surface area contributed by atoms with E-state index in [1.54, 1.807) is 13.8 Å². The molecule has 1 fully saturated rings. The Morgan fingerprint density at radius 2 is 1.97 bits per heavy atom. The SMILES string of the molecule is Cc1cc(C(F)(F)F)cc(N2C(=O)OC[C@H]2C(=O)N(c2ccc(F)c(Cl)c2)C(C)C)n1. The zero-order chi connectivity index (χ0) is 23.1. The minimum absolute atomic E-state index is 0.0155. The number of halogens is 5. The molecule has 0 spiro atoms. The van der Waals surface area contributed by atoms with Crippen molar-refractivity contribution in [2.45, 2.75) is 39.0 Å². The first-order chi connectivity index (χ1) is 14.4. The third kappa shape index (κ3) is 4.58. The molecule has 6 nitrogen and oxygen atoms in total. The highest BCUT2D eigenvalue weighted by atomic mass is 35.5. The molecule has 1 aliphatic heterocycles. The van der Waals surface area contributed by atoms with Crippen LogP contribution in [0.5, 0.6) is 0 Å². The number of cyclic esters (lactones) is 1. The molecule has 1 atom stereocenters. The molecular formula is C20H18ClF4N3O3. The van der Waals surface area contributed by atoms with Gasteiger partial charge in [0.2, 0.25) is 0 Å². The molecule has 0 bridgehead atoms. The summed E-state index contributed by atoms with van der Waals surface area (Å²) in [7, 11) is 0. The van der Waals surface area contributed by atoms with E-state index in [0.29, 0.717) is 6.07 Å². The minimum Gasteiger partial charge on any atom is -0.446 e. The molecule has 2 aromatic rings. The molecule has 3 rings (SSSR count). The smallest absolute Gasteiger partial charge is 0.416 e. The zero-order valence-corrected chi connectivity index (χ0v) is 17.5. The predicted molar refractivity (Wildman–Crippen MR) is 106 cm³/mol. The van der Waals surface area contributed by atoms with Gasteiger partial charge in [0.05, 0.1) is 10.6 Å². The average Bonchev–Trinajstić information content (AvgIpc) is 3.04. The van der Waals surface area contributed by atoms with Crippen molar-refractivity contribution in [3.05, 3.63) is 52.4 Å². The summed E-state index contributed by atoms with van der Waals surface area (Å²) in [6.45, 7) is 4.33. The van der Waals surface area contributed by atoms with E-state index < -0.39 is 41.6 Å². The van der Waals surface area contributed by atoms with E-state index in [1.807, 2.05) is 0 Å². The van der Waals surface area contributed by atoms with Gasteiger partial charge in [-0.15, -0.1) is 0 Å². The van der Waals surface area contributed by atoms with Crippen LogP contribution in [-0.2, 0) is 15.7 Å². The van der Waals surface area contributed by atoms with Gasteiger partial charge >= 0.3 is 12.3 Å². The lowest BCUT2D eigenvalue weighted by Gasteiger charge is -2.31. The van der Waals surface area contributed by atoms with Gasteiger partial charge in [0.1, 0.15) is 18.2 Å². The molecule has 1 aromatic heterocycles. The highest BCUT2D eigenvalue weighted by Gasteiger charge is 2.44. The zero-order valence-electron chi connectivity index (χ0n) is 16.7. The molecule has 2 amide bonds. The largest absolute Gasteiger partial charge is 0.446 e. The van der Waals surface area contributed by atoms with Crippen molar-refractivity contribution in [3.8, 4) is 0 Å². The molecule has 31 heavy (non-hydrogen) atoms. The van der Waals surface area contributed by atoms with Crippen LogP contribution in [-0.4, -0.2) is 35.7 Å². The first kappa shape index (κ1) is 22.8. The molecule has 1 aromatic carbocycles. The van der Waals surface area contributed by atoms with Gasteiger partial charge in [0.25, 0.3) is 5.91 Å². The van der Waals surface area contributed by atoms with E-state index >= 15 is 0 Å². The van der Waals surface area contributed by atoms with Gasteiger partial charge in [-0.3, -0.25) is 4.79 Å². The van der Waals surface area contributed by atoms with Gasteiger partial charge in [-0.1, -0.05) is 11.6 Å². The average molecular weight is 460 g/mol. The van der Waals surface area contributed by atoms with Crippen LogP contribution in [0.3, 0.4) is 0 Å². The van der Waals surface area contributed by atoms with Crippen LogP contribution < -0.4 is 9.80 Å². The standard InChI is InChI=1S/C20H18ClF4N3O3/c1-10(2)27(13-4-5-15(22)14(21)8-13)18(29)16-9-31-19(30)28(16)17-7-12(20(23,24)25)6-11(3)26-17/h4-8,10,16H,9H2,1-3H3/t16-/m0/s1. The number of carbonyl (C=O) groups is 2. The van der Waals surface area contributed by atoms with Gasteiger partial charge in [-0.05, 0) is 51.1 Å². The van der Waals surface area contributed by atoms with E-state index in [2.05, 4.69) is 4.98 Å². The molecule has 0 aliphatic carbocycles. The van der Waals surface area contributed by atoms with Crippen LogP contribution in [0, 0.1) is 12.7 Å². The maximum atomic E-state index is 13.6. The molecule has 0 saturated carbocycles. The van der Waals surface area contributed by atoms with E-state index in [9.17, 15) is 27.2 Å². The van der Waals surface area contributed by atoms with Gasteiger partial charge < -0.3 is 9.64 Å². The number of ether oxygens (including phenoxy) is 1. The second-order valence-corrected chi connectivity index (χ2v) is 7.62. The summed E-state index contributed by atoms with van der Waals surface area (Å²) in [5.74, 6) is -1.67. The number of rotatable bonds is 4. The first-order valence-corrected chi connectivity index (χ1v) is 9.58. The van der Waals surface area contributed by atoms with Crippen LogP contribution in [0.2, 0.25) is 5.02 Å². The predicted octanol–water partition coefficient (Wildman–Crippen LogP) is 4.97. The fourth-order valence-electron chi connectivity index (χ4n) is 3.27. The quantitative estimate of drug-likeness (QED) is 0.606. The third-order valence-corrected chi connectivity index (χ3v) is 4.90. The van der Waals surface area contributed by atoms with Gasteiger partial charge in [0, 0.05) is 17.4 Å². The summed E-state index contributed by atoms with van der Waals surface area (Å²) in [6, 6.07) is 3.50. The number of benzene rings is 1. The number of anilines is 2. The van der Waals surface area contributed by atoms with Crippen molar-refractivity contribution in [1.82, 2.24) is 4.98 Å². The van der Waals surface area contributed by atoms with E-state index in [0.717, 1.165) is 17.0 Å². The Balaban J connectivity index is 2.02. The number of nitrogens with zero attached hydrogens (tertiary/aromatic N) is 3. The number of aryl methyl sites for hydroxylation is 1. The molecule has 0 unspecified atom stereocenters. The van der Waals surface area contributed by atoms with Gasteiger partial charge in [-0.25, -0.2) is 19.1 Å². The Morgan fingerprint density at radius 1 is 1.29 bits per heavy atom. The minimum atomic E-state index is -4.67. The van der Waals surface area contributed by atoms with Crippen LogP contribution in [0.15, 0.2) is 30.3 Å². The molecule has 11 heteroatoms. The summed E-state index contributed by atoms with van der Waals surface area (Å²) in [5, 5.41) is -0.207. The lowest BCUT2D eigenvalue weighted by Crippen LogP contribution is -2.50. The Labute approximate surface area is 180 Å². The van der Waals surface area contributed by atoms with Gasteiger partial charge in [-0.2, -0.15) is 13.2 Å². The molecule has 1 aliphatic rings. The molecule has 0 radical (unpaired) electrons. The number of carbonyl (C=O) groups excluding carboxylic acids is 2. The highest BCUT2D eigenvalue weighted by Crippen LogP contribution is 2.34. The Morgan fingerprint density at radius 3 is 2.55 bits per heavy atom. The lowest BCUT2D eigenvalue weighted by molar-refractivity contribution is -0.137. The summed E-state index contributed by atoms with van der Waals surface area (Å²) in [6.07, 6.45) is -5.66. The van der Waals surface area contributed by atoms with Crippen LogP contribution in [0.1, 0.15) is 25.1 Å². The summed E-state index contributed by atoms with van der Waals surface area (Å²) >= 11 is 5.83. The lowest BCUT2D eigenvalue weighted by atomic mass is 10.1.